The van der Waals surface area contributed by atoms with Crippen LogP contribution in [0.2, 0.25) is 0 Å². The van der Waals surface area contributed by atoms with Gasteiger partial charge in [0.2, 0.25) is 5.75 Å². The Kier molecular flexibility index (Phi) is 4.06. The molecule has 0 fully saturated rings. The third kappa shape index (κ3) is 3.21. The summed E-state index contributed by atoms with van der Waals surface area (Å²) in [5.41, 5.74) is -1.84. The molecule has 94 valence electrons. The van der Waals surface area contributed by atoms with Gasteiger partial charge >= 0.3 is 5.69 Å². The van der Waals surface area contributed by atoms with Crippen LogP contribution in [0.15, 0.2) is 23.4 Å². The van der Waals surface area contributed by atoms with E-state index in [9.17, 15) is 20.2 Å². The Labute approximate surface area is 105 Å². The van der Waals surface area contributed by atoms with Crippen LogP contribution in [0.5, 0.6) is 5.75 Å². The molecule has 0 saturated carbocycles. The normalized spacial score (nSPS) is 8.74. The van der Waals surface area contributed by atoms with Gasteiger partial charge in [-0.25, -0.2) is 0 Å². The van der Waals surface area contributed by atoms with E-state index in [1.165, 1.54) is 12.1 Å². The van der Waals surface area contributed by atoms with E-state index >= 15 is 0 Å². The number of rotatable bonds is 4. The lowest BCUT2D eigenvalue weighted by Gasteiger charge is -1.99. The summed E-state index contributed by atoms with van der Waals surface area (Å²) >= 11 is 0. The average Bonchev–Trinajstić information content (AvgIpc) is 2.39. The number of oxime groups is 1. The Morgan fingerprint density at radius 3 is 2.32 bits per heavy atom. The van der Waals surface area contributed by atoms with Gasteiger partial charge in [-0.3, -0.25) is 20.2 Å². The van der Waals surface area contributed by atoms with Gasteiger partial charge in [0.1, 0.15) is 12.1 Å². The van der Waals surface area contributed by atoms with Crippen LogP contribution in [0.3, 0.4) is 0 Å². The highest BCUT2D eigenvalue weighted by molar-refractivity contribution is 6.09. The third-order valence-corrected chi connectivity index (χ3v) is 1.80. The summed E-state index contributed by atoms with van der Waals surface area (Å²) in [4.78, 5) is 24.0. The lowest BCUT2D eigenvalue weighted by atomic mass is 10.2. The summed E-state index contributed by atoms with van der Waals surface area (Å²) in [5, 5.41) is 41.0. The highest BCUT2D eigenvalue weighted by Crippen LogP contribution is 2.31. The van der Waals surface area contributed by atoms with Crippen LogP contribution in [-0.4, -0.2) is 15.6 Å². The maximum atomic E-state index is 10.7. The zero-order valence-electron chi connectivity index (χ0n) is 9.01. The maximum absolute atomic E-state index is 10.7. The van der Waals surface area contributed by atoms with Crippen molar-refractivity contribution in [3.05, 3.63) is 38.4 Å². The Balaban J connectivity index is 3.19. The number of hydrogen-bond acceptors (Lipinski definition) is 8. The number of benzene rings is 1. The van der Waals surface area contributed by atoms with Crippen LogP contribution in [-0.2, 0) is 0 Å². The van der Waals surface area contributed by atoms with E-state index in [-0.39, 0.29) is 0 Å². The Morgan fingerprint density at radius 1 is 1.21 bits per heavy atom. The van der Waals surface area contributed by atoms with Crippen LogP contribution < -0.4 is 4.84 Å². The molecule has 1 aromatic carbocycles. The monoisotopic (exact) mass is 261 g/mol. The summed E-state index contributed by atoms with van der Waals surface area (Å²) in [6, 6.07) is 5.38. The van der Waals surface area contributed by atoms with Crippen LogP contribution in [0.25, 0.3) is 0 Å². The molecule has 0 atom stereocenters. The van der Waals surface area contributed by atoms with E-state index in [0.717, 1.165) is 12.1 Å². The molecule has 0 aliphatic carbocycles. The minimum Gasteiger partial charge on any atom is -0.348 e. The number of nitriles is 2. The lowest BCUT2D eigenvalue weighted by molar-refractivity contribution is -0.394. The molecule has 0 unspecified atom stereocenters. The predicted molar refractivity (Wildman–Crippen MR) is 59.0 cm³/mol. The van der Waals surface area contributed by atoms with Crippen LogP contribution >= 0.6 is 0 Å². The van der Waals surface area contributed by atoms with E-state index < -0.39 is 32.7 Å². The van der Waals surface area contributed by atoms with Crippen molar-refractivity contribution >= 4 is 17.1 Å². The SMILES string of the molecule is N#CC(C#N)=NOc1ccc([N+](=O)[O-])cc1[N+](=O)[O-]. The molecule has 0 saturated heterocycles. The second kappa shape index (κ2) is 5.70. The minimum atomic E-state index is -0.906. The van der Waals surface area contributed by atoms with Gasteiger partial charge in [0.05, 0.1) is 15.9 Å². The fraction of sp³-hybridized carbons (Fsp3) is 0. The molecule has 10 heteroatoms. The zero-order valence-corrected chi connectivity index (χ0v) is 9.01. The molecule has 0 aromatic heterocycles. The molecule has 0 amide bonds. The molecule has 0 bridgehead atoms. The van der Waals surface area contributed by atoms with Gasteiger partial charge in [-0.05, 0) is 6.07 Å². The van der Waals surface area contributed by atoms with Crippen molar-refractivity contribution in [1.29, 1.82) is 10.5 Å². The summed E-state index contributed by atoms with van der Waals surface area (Å²) in [5.74, 6) is -0.418. The van der Waals surface area contributed by atoms with Crippen molar-refractivity contribution in [2.75, 3.05) is 0 Å². The van der Waals surface area contributed by atoms with E-state index in [4.69, 9.17) is 10.5 Å². The smallest absolute Gasteiger partial charge is 0.321 e. The van der Waals surface area contributed by atoms with Crippen LogP contribution in [0, 0.1) is 42.9 Å². The summed E-state index contributed by atoms with van der Waals surface area (Å²) in [7, 11) is 0. The molecule has 0 radical (unpaired) electrons. The quantitative estimate of drug-likeness (QED) is 0.448. The van der Waals surface area contributed by atoms with Gasteiger partial charge in [-0.2, -0.15) is 10.5 Å². The van der Waals surface area contributed by atoms with Crippen LogP contribution in [0.4, 0.5) is 11.4 Å². The van der Waals surface area contributed by atoms with Gasteiger partial charge in [0.15, 0.2) is 0 Å². The van der Waals surface area contributed by atoms with Crippen molar-refractivity contribution in [3.63, 3.8) is 0 Å². The Hall–Kier alpha value is -3.53. The zero-order chi connectivity index (χ0) is 14.4. The number of nitro groups is 2. The van der Waals surface area contributed by atoms with Crippen molar-refractivity contribution < 1.29 is 14.7 Å². The first-order chi connectivity index (χ1) is 8.99. The molecular weight excluding hydrogens is 258 g/mol. The third-order valence-electron chi connectivity index (χ3n) is 1.80. The second-order valence-corrected chi connectivity index (χ2v) is 2.92. The first-order valence-corrected chi connectivity index (χ1v) is 4.47. The van der Waals surface area contributed by atoms with E-state index in [2.05, 4.69) is 9.99 Å². The molecule has 19 heavy (non-hydrogen) atoms. The Bertz CT molecular complexity index is 638. The molecule has 10 nitrogen and oxygen atoms in total. The number of hydrogen-bond donors (Lipinski definition) is 0. The van der Waals surface area contributed by atoms with Crippen molar-refractivity contribution in [2.24, 2.45) is 5.16 Å². The molecule has 0 aliphatic rings. The fourth-order valence-electron chi connectivity index (χ4n) is 1.000. The highest BCUT2D eigenvalue weighted by atomic mass is 16.7. The largest absolute Gasteiger partial charge is 0.348 e. The van der Waals surface area contributed by atoms with Crippen LogP contribution in [0.1, 0.15) is 0 Å². The van der Waals surface area contributed by atoms with E-state index in [1.807, 2.05) is 0 Å². The maximum Gasteiger partial charge on any atom is 0.321 e. The van der Waals surface area contributed by atoms with Gasteiger partial charge in [-0.1, -0.05) is 5.16 Å². The minimum absolute atomic E-state index is 0.418. The summed E-state index contributed by atoms with van der Waals surface area (Å²) in [6.45, 7) is 0. The average molecular weight is 261 g/mol. The second-order valence-electron chi connectivity index (χ2n) is 2.92. The van der Waals surface area contributed by atoms with E-state index in [1.54, 1.807) is 0 Å². The van der Waals surface area contributed by atoms with Gasteiger partial charge in [-0.15, -0.1) is 0 Å². The van der Waals surface area contributed by atoms with E-state index in [0.29, 0.717) is 6.07 Å². The van der Waals surface area contributed by atoms with Gasteiger partial charge < -0.3 is 4.84 Å². The standard InChI is InChI=1S/C9H3N5O5/c10-4-6(5-11)12-19-9-2-1-7(13(15)16)3-8(9)14(17)18/h1-3H. The lowest BCUT2D eigenvalue weighted by Crippen LogP contribution is -1.98. The van der Waals surface area contributed by atoms with Gasteiger partial charge in [0, 0.05) is 6.07 Å². The Morgan fingerprint density at radius 2 is 1.84 bits per heavy atom. The molecule has 0 aliphatic heterocycles. The first kappa shape index (κ1) is 13.5. The summed E-state index contributed by atoms with van der Waals surface area (Å²) < 4.78 is 0. The topological polar surface area (TPSA) is 155 Å². The predicted octanol–water partition coefficient (Wildman–Crippen LogP) is 1.28. The molecule has 0 N–H and O–H groups in total. The number of nitrogens with zero attached hydrogens (tertiary/aromatic N) is 5. The fourth-order valence-corrected chi connectivity index (χ4v) is 1.000. The summed E-state index contributed by atoms with van der Waals surface area (Å²) in [6.07, 6.45) is 0. The molecule has 1 aromatic rings. The van der Waals surface area contributed by atoms with Crippen molar-refractivity contribution in [3.8, 4) is 17.9 Å². The molecule has 0 spiro atoms. The molecule has 1 rings (SSSR count). The molecular formula is C9H3N5O5. The highest BCUT2D eigenvalue weighted by Gasteiger charge is 2.21. The van der Waals surface area contributed by atoms with Crippen molar-refractivity contribution in [1.82, 2.24) is 0 Å². The first-order valence-electron chi connectivity index (χ1n) is 4.47. The van der Waals surface area contributed by atoms with Gasteiger partial charge in [0.25, 0.3) is 11.4 Å². The number of nitro benzene ring substituents is 2. The molecule has 0 heterocycles. The van der Waals surface area contributed by atoms with Crippen molar-refractivity contribution in [2.45, 2.75) is 0 Å². The number of non-ortho nitro benzene ring substituents is 1.